The van der Waals surface area contributed by atoms with Crippen LogP contribution in [0.2, 0.25) is 0 Å². The molecule has 3 nitrogen and oxygen atoms in total. The van der Waals surface area contributed by atoms with Crippen LogP contribution in [-0.2, 0) is 16.1 Å². The van der Waals surface area contributed by atoms with Crippen LogP contribution in [0.25, 0.3) is 0 Å². The van der Waals surface area contributed by atoms with E-state index in [0.29, 0.717) is 12.5 Å². The minimum absolute atomic E-state index is 0.207. The summed E-state index contributed by atoms with van der Waals surface area (Å²) in [6.07, 6.45) is 3.91. The van der Waals surface area contributed by atoms with E-state index in [-0.39, 0.29) is 5.97 Å². The fourth-order valence-corrected chi connectivity index (χ4v) is 2.88. The van der Waals surface area contributed by atoms with Crippen LogP contribution in [0.5, 0.6) is 0 Å². The molecule has 0 aliphatic carbocycles. The van der Waals surface area contributed by atoms with Gasteiger partial charge in [0.2, 0.25) is 0 Å². The van der Waals surface area contributed by atoms with Crippen molar-refractivity contribution < 1.29 is 9.53 Å². The molecule has 21 heavy (non-hydrogen) atoms. The number of hydrogen-bond acceptors (Lipinski definition) is 3. The lowest BCUT2D eigenvalue weighted by molar-refractivity contribution is -0.137. The first-order valence-electron chi connectivity index (χ1n) is 7.80. The Morgan fingerprint density at radius 2 is 1.95 bits per heavy atom. The van der Waals surface area contributed by atoms with E-state index in [4.69, 9.17) is 4.74 Å². The van der Waals surface area contributed by atoms with Crippen molar-refractivity contribution in [3.63, 3.8) is 0 Å². The van der Waals surface area contributed by atoms with E-state index in [0.717, 1.165) is 38.0 Å². The van der Waals surface area contributed by atoms with Crippen molar-refractivity contribution >= 4 is 5.97 Å². The third kappa shape index (κ3) is 5.01. The van der Waals surface area contributed by atoms with Crippen LogP contribution in [0.3, 0.4) is 0 Å². The molecule has 0 atom stereocenters. The fourth-order valence-electron chi connectivity index (χ4n) is 2.88. The summed E-state index contributed by atoms with van der Waals surface area (Å²) >= 11 is 0. The van der Waals surface area contributed by atoms with E-state index in [1.165, 1.54) is 5.56 Å². The van der Waals surface area contributed by atoms with Crippen molar-refractivity contribution in [2.45, 2.75) is 33.2 Å². The van der Waals surface area contributed by atoms with Gasteiger partial charge in [0.1, 0.15) is 0 Å². The maximum absolute atomic E-state index is 11.5. The third-order valence-electron chi connectivity index (χ3n) is 4.11. The summed E-state index contributed by atoms with van der Waals surface area (Å²) in [5, 5.41) is 0. The summed E-state index contributed by atoms with van der Waals surface area (Å²) in [6, 6.07) is 10.6. The zero-order chi connectivity index (χ0) is 15.1. The summed E-state index contributed by atoms with van der Waals surface area (Å²) in [5.41, 5.74) is 2.53. The summed E-state index contributed by atoms with van der Waals surface area (Å²) in [7, 11) is 0. The molecule has 1 saturated heterocycles. The molecule has 0 amide bonds. The lowest BCUT2D eigenvalue weighted by Gasteiger charge is -2.32. The highest BCUT2D eigenvalue weighted by Gasteiger charge is 2.20. The summed E-state index contributed by atoms with van der Waals surface area (Å²) in [4.78, 5) is 14.0. The largest absolute Gasteiger partial charge is 0.463 e. The van der Waals surface area contributed by atoms with Gasteiger partial charge in [-0.05, 0) is 51.3 Å². The predicted octanol–water partition coefficient (Wildman–Crippen LogP) is 3.41. The van der Waals surface area contributed by atoms with E-state index >= 15 is 0 Å². The highest BCUT2D eigenvalue weighted by Crippen LogP contribution is 2.25. The van der Waals surface area contributed by atoms with Crippen LogP contribution in [0.15, 0.2) is 42.0 Å². The second-order valence-electron chi connectivity index (χ2n) is 5.68. The van der Waals surface area contributed by atoms with E-state index in [9.17, 15) is 4.79 Å². The number of carbonyl (C=O) groups is 1. The van der Waals surface area contributed by atoms with Gasteiger partial charge < -0.3 is 4.74 Å². The standard InChI is InChI=1S/C18H25NO2/c1-3-21-18(20)13-15(2)17-9-11-19(12-10-17)14-16-7-5-4-6-8-16/h4-8,13,17H,3,9-12,14H2,1-2H3/b15-13+. The molecule has 3 heteroatoms. The SMILES string of the molecule is CCOC(=O)/C=C(\C)C1CCN(Cc2ccccc2)CC1. The van der Waals surface area contributed by atoms with Crippen LogP contribution < -0.4 is 0 Å². The Balaban J connectivity index is 1.81. The monoisotopic (exact) mass is 287 g/mol. The first kappa shape index (κ1) is 15.8. The minimum atomic E-state index is -0.207. The van der Waals surface area contributed by atoms with Gasteiger partial charge in [-0.2, -0.15) is 0 Å². The topological polar surface area (TPSA) is 29.5 Å². The van der Waals surface area contributed by atoms with Gasteiger partial charge >= 0.3 is 5.97 Å². The summed E-state index contributed by atoms with van der Waals surface area (Å²) in [6.45, 7) is 7.53. The molecule has 0 spiro atoms. The Labute approximate surface area is 127 Å². The molecule has 1 heterocycles. The normalized spacial score (nSPS) is 17.7. The van der Waals surface area contributed by atoms with Gasteiger partial charge in [0.15, 0.2) is 0 Å². The van der Waals surface area contributed by atoms with Crippen molar-refractivity contribution in [2.75, 3.05) is 19.7 Å². The number of carbonyl (C=O) groups excluding carboxylic acids is 1. The Hall–Kier alpha value is -1.61. The zero-order valence-corrected chi connectivity index (χ0v) is 13.0. The number of esters is 1. The molecule has 0 bridgehead atoms. The number of allylic oxidation sites excluding steroid dienone is 1. The molecule has 0 N–H and O–H groups in total. The number of nitrogens with zero attached hydrogens (tertiary/aromatic N) is 1. The zero-order valence-electron chi connectivity index (χ0n) is 13.0. The number of ether oxygens (including phenoxy) is 1. The van der Waals surface area contributed by atoms with Crippen LogP contribution in [0, 0.1) is 5.92 Å². The summed E-state index contributed by atoms with van der Waals surface area (Å²) in [5.74, 6) is 0.308. The van der Waals surface area contributed by atoms with E-state index in [2.05, 4.69) is 42.2 Å². The molecule has 1 aliphatic rings. The van der Waals surface area contributed by atoms with E-state index < -0.39 is 0 Å². The van der Waals surface area contributed by atoms with Gasteiger partial charge in [-0.1, -0.05) is 35.9 Å². The average molecular weight is 287 g/mol. The van der Waals surface area contributed by atoms with Gasteiger partial charge in [0.05, 0.1) is 6.61 Å². The van der Waals surface area contributed by atoms with E-state index in [1.54, 1.807) is 6.08 Å². The molecule has 1 aliphatic heterocycles. The maximum atomic E-state index is 11.5. The number of piperidine rings is 1. The fraction of sp³-hybridized carbons (Fsp3) is 0.500. The van der Waals surface area contributed by atoms with Crippen molar-refractivity contribution in [1.82, 2.24) is 4.90 Å². The second kappa shape index (κ2) is 7.99. The molecule has 0 unspecified atom stereocenters. The lowest BCUT2D eigenvalue weighted by Crippen LogP contribution is -2.33. The Morgan fingerprint density at radius 1 is 1.29 bits per heavy atom. The molecule has 1 aromatic carbocycles. The second-order valence-corrected chi connectivity index (χ2v) is 5.68. The van der Waals surface area contributed by atoms with Crippen molar-refractivity contribution in [3.8, 4) is 0 Å². The molecule has 1 fully saturated rings. The maximum Gasteiger partial charge on any atom is 0.330 e. The minimum Gasteiger partial charge on any atom is -0.463 e. The van der Waals surface area contributed by atoms with Gasteiger partial charge in [-0.3, -0.25) is 4.90 Å². The molecule has 114 valence electrons. The van der Waals surface area contributed by atoms with Gasteiger partial charge in [-0.15, -0.1) is 0 Å². The molecule has 0 saturated carbocycles. The Morgan fingerprint density at radius 3 is 2.57 bits per heavy atom. The first-order valence-corrected chi connectivity index (χ1v) is 7.80. The predicted molar refractivity (Wildman–Crippen MR) is 84.8 cm³/mol. The van der Waals surface area contributed by atoms with Gasteiger partial charge in [0.25, 0.3) is 0 Å². The van der Waals surface area contributed by atoms with Crippen molar-refractivity contribution in [2.24, 2.45) is 5.92 Å². The van der Waals surface area contributed by atoms with E-state index in [1.807, 2.05) is 6.92 Å². The molecule has 0 radical (unpaired) electrons. The van der Waals surface area contributed by atoms with Crippen LogP contribution in [0.1, 0.15) is 32.3 Å². The highest BCUT2D eigenvalue weighted by molar-refractivity contribution is 5.82. The van der Waals surface area contributed by atoms with Gasteiger partial charge in [-0.25, -0.2) is 4.79 Å². The molecular weight excluding hydrogens is 262 g/mol. The van der Waals surface area contributed by atoms with Crippen LogP contribution in [0.4, 0.5) is 0 Å². The number of likely N-dealkylation sites (tertiary alicyclic amines) is 1. The Bertz CT molecular complexity index is 473. The van der Waals surface area contributed by atoms with Crippen molar-refractivity contribution in [1.29, 1.82) is 0 Å². The molecular formula is C18H25NO2. The number of rotatable bonds is 5. The van der Waals surface area contributed by atoms with Crippen LogP contribution in [-0.4, -0.2) is 30.6 Å². The first-order chi connectivity index (χ1) is 10.2. The summed E-state index contributed by atoms with van der Waals surface area (Å²) < 4.78 is 4.98. The van der Waals surface area contributed by atoms with Crippen molar-refractivity contribution in [3.05, 3.63) is 47.5 Å². The number of hydrogen-bond donors (Lipinski definition) is 0. The van der Waals surface area contributed by atoms with Gasteiger partial charge in [0, 0.05) is 12.6 Å². The number of benzene rings is 1. The molecule has 2 rings (SSSR count). The quantitative estimate of drug-likeness (QED) is 0.614. The molecule has 0 aromatic heterocycles. The third-order valence-corrected chi connectivity index (χ3v) is 4.11. The smallest absolute Gasteiger partial charge is 0.330 e. The average Bonchev–Trinajstić information content (AvgIpc) is 2.49. The highest BCUT2D eigenvalue weighted by atomic mass is 16.5. The molecule has 1 aromatic rings. The lowest BCUT2D eigenvalue weighted by atomic mass is 9.89. The Kier molecular flexibility index (Phi) is 6.00. The van der Waals surface area contributed by atoms with Crippen LogP contribution >= 0.6 is 0 Å².